The molecule has 0 aromatic carbocycles. The molecule has 4 fully saturated rings. The molecule has 136 valence electrons. The average Bonchev–Trinajstić information content (AvgIpc) is 3.25. The van der Waals surface area contributed by atoms with Crippen molar-refractivity contribution >= 4 is 15.9 Å². The molecule has 4 aliphatic rings. The summed E-state index contributed by atoms with van der Waals surface area (Å²) < 4.78 is 29.9. The van der Waals surface area contributed by atoms with Crippen LogP contribution in [0.2, 0.25) is 0 Å². The van der Waals surface area contributed by atoms with Gasteiger partial charge in [-0.15, -0.1) is 0 Å². The molecule has 0 aromatic heterocycles. The SMILES string of the molecule is CO[C@@H]1CS(=O)(=O)[C@@H]2CN(C(=O)N[C@@H]3CCC[C@H](C4CC4)C3)C[C@@H]21. The lowest BCUT2D eigenvalue weighted by molar-refractivity contribution is 0.0819. The minimum Gasteiger partial charge on any atom is -0.380 e. The molecule has 0 bridgehead atoms. The largest absolute Gasteiger partial charge is 0.380 e. The molecule has 7 heteroatoms. The summed E-state index contributed by atoms with van der Waals surface area (Å²) in [7, 11) is -1.58. The zero-order chi connectivity index (χ0) is 16.9. The van der Waals surface area contributed by atoms with Gasteiger partial charge in [-0.2, -0.15) is 0 Å². The number of methoxy groups -OCH3 is 1. The summed E-state index contributed by atoms with van der Waals surface area (Å²) in [5, 5.41) is 2.73. The van der Waals surface area contributed by atoms with Crippen molar-refractivity contribution in [2.75, 3.05) is 26.0 Å². The Labute approximate surface area is 144 Å². The van der Waals surface area contributed by atoms with E-state index in [2.05, 4.69) is 5.32 Å². The quantitative estimate of drug-likeness (QED) is 0.830. The van der Waals surface area contributed by atoms with Crippen molar-refractivity contribution in [1.29, 1.82) is 0 Å². The number of rotatable bonds is 3. The second-order valence-electron chi connectivity index (χ2n) is 8.12. The predicted molar refractivity (Wildman–Crippen MR) is 90.4 cm³/mol. The maximum absolute atomic E-state index is 12.6. The zero-order valence-corrected chi connectivity index (χ0v) is 15.1. The Balaban J connectivity index is 1.36. The molecule has 0 spiro atoms. The van der Waals surface area contributed by atoms with E-state index in [1.54, 1.807) is 12.0 Å². The number of ether oxygens (including phenoxy) is 1. The molecule has 2 aliphatic heterocycles. The number of hydrogen-bond acceptors (Lipinski definition) is 4. The molecule has 6 nitrogen and oxygen atoms in total. The third kappa shape index (κ3) is 3.05. The maximum Gasteiger partial charge on any atom is 0.317 e. The second kappa shape index (κ2) is 6.16. The van der Waals surface area contributed by atoms with Gasteiger partial charge < -0.3 is 15.0 Å². The van der Waals surface area contributed by atoms with Crippen LogP contribution in [0.1, 0.15) is 38.5 Å². The number of sulfone groups is 1. The van der Waals surface area contributed by atoms with Crippen LogP contribution in [-0.2, 0) is 14.6 Å². The van der Waals surface area contributed by atoms with Gasteiger partial charge in [-0.1, -0.05) is 12.8 Å². The van der Waals surface area contributed by atoms with Crippen LogP contribution >= 0.6 is 0 Å². The minimum absolute atomic E-state index is 0.0729. The number of likely N-dealkylation sites (tertiary alicyclic amines) is 1. The number of fused-ring (bicyclic) bond motifs is 1. The first-order valence-electron chi connectivity index (χ1n) is 9.27. The lowest BCUT2D eigenvalue weighted by Gasteiger charge is -2.31. The van der Waals surface area contributed by atoms with Gasteiger partial charge in [0.2, 0.25) is 0 Å². The van der Waals surface area contributed by atoms with Gasteiger partial charge in [-0.3, -0.25) is 0 Å². The first-order chi connectivity index (χ1) is 11.5. The molecule has 4 rings (SSSR count). The van der Waals surface area contributed by atoms with Gasteiger partial charge in [0.15, 0.2) is 9.84 Å². The Hall–Kier alpha value is -0.820. The van der Waals surface area contributed by atoms with Crippen LogP contribution in [0, 0.1) is 17.8 Å². The van der Waals surface area contributed by atoms with Gasteiger partial charge in [0.1, 0.15) is 0 Å². The number of carbonyl (C=O) groups is 1. The first kappa shape index (κ1) is 16.6. The van der Waals surface area contributed by atoms with Gasteiger partial charge in [0, 0.05) is 32.2 Å². The van der Waals surface area contributed by atoms with Crippen molar-refractivity contribution in [3.63, 3.8) is 0 Å². The fourth-order valence-electron chi connectivity index (χ4n) is 5.04. The summed E-state index contributed by atoms with van der Waals surface area (Å²) >= 11 is 0. The van der Waals surface area contributed by atoms with Gasteiger partial charge in [-0.05, 0) is 37.5 Å². The highest BCUT2D eigenvalue weighted by Gasteiger charge is 2.53. The Kier molecular flexibility index (Phi) is 4.27. The van der Waals surface area contributed by atoms with E-state index in [9.17, 15) is 13.2 Å². The van der Waals surface area contributed by atoms with Gasteiger partial charge in [0.25, 0.3) is 0 Å². The number of amides is 2. The van der Waals surface area contributed by atoms with Crippen molar-refractivity contribution in [3.8, 4) is 0 Å². The molecule has 1 N–H and O–H groups in total. The molecule has 2 saturated carbocycles. The zero-order valence-electron chi connectivity index (χ0n) is 14.3. The van der Waals surface area contributed by atoms with Crippen LogP contribution in [0.4, 0.5) is 4.79 Å². The van der Waals surface area contributed by atoms with E-state index in [1.807, 2.05) is 0 Å². The normalized spacial score (nSPS) is 41.2. The van der Waals surface area contributed by atoms with Gasteiger partial charge >= 0.3 is 6.03 Å². The Morgan fingerprint density at radius 3 is 2.62 bits per heavy atom. The van der Waals surface area contributed by atoms with Crippen molar-refractivity contribution in [3.05, 3.63) is 0 Å². The van der Waals surface area contributed by atoms with Crippen molar-refractivity contribution in [2.45, 2.75) is 55.9 Å². The highest BCUT2D eigenvalue weighted by molar-refractivity contribution is 7.92. The van der Waals surface area contributed by atoms with Crippen LogP contribution in [-0.4, -0.2) is 62.7 Å². The predicted octanol–water partition coefficient (Wildman–Crippen LogP) is 1.41. The van der Waals surface area contributed by atoms with E-state index in [1.165, 1.54) is 25.7 Å². The average molecular weight is 356 g/mol. The van der Waals surface area contributed by atoms with E-state index in [4.69, 9.17) is 4.74 Å². The van der Waals surface area contributed by atoms with Gasteiger partial charge in [0.05, 0.1) is 17.1 Å². The summed E-state index contributed by atoms with van der Waals surface area (Å²) in [6, 6.07) is 0.169. The maximum atomic E-state index is 12.6. The van der Waals surface area contributed by atoms with Crippen LogP contribution < -0.4 is 5.32 Å². The topological polar surface area (TPSA) is 75.7 Å². The number of nitrogens with zero attached hydrogens (tertiary/aromatic N) is 1. The summed E-state index contributed by atoms with van der Waals surface area (Å²) in [5.41, 5.74) is 0. The van der Waals surface area contributed by atoms with Crippen LogP contribution in [0.25, 0.3) is 0 Å². The standard InChI is InChI=1S/C17H28N2O4S/c1-23-15-10-24(21,22)16-9-19(8-14(15)16)17(20)18-13-4-2-3-12(7-13)11-5-6-11/h11-16H,2-10H2,1H3,(H,18,20)/t12-,13+,14+,15+,16+/m0/s1. The molecule has 2 heterocycles. The second-order valence-corrected chi connectivity index (χ2v) is 10.4. The smallest absolute Gasteiger partial charge is 0.317 e. The molecule has 5 atom stereocenters. The van der Waals surface area contributed by atoms with Crippen LogP contribution in [0.15, 0.2) is 0 Å². The fourth-order valence-corrected chi connectivity index (χ4v) is 7.33. The Morgan fingerprint density at radius 2 is 1.92 bits per heavy atom. The lowest BCUT2D eigenvalue weighted by atomic mass is 9.83. The molecule has 2 saturated heterocycles. The number of nitrogens with one attached hydrogen (secondary N) is 1. The molecule has 0 aromatic rings. The molecule has 2 aliphatic carbocycles. The van der Waals surface area contributed by atoms with Crippen molar-refractivity contribution in [1.82, 2.24) is 10.2 Å². The van der Waals surface area contributed by atoms with Crippen LogP contribution in [0.5, 0.6) is 0 Å². The molecule has 2 amide bonds. The van der Waals surface area contributed by atoms with Crippen LogP contribution in [0.3, 0.4) is 0 Å². The number of carbonyl (C=O) groups excluding carboxylic acids is 1. The van der Waals surface area contributed by atoms with E-state index >= 15 is 0 Å². The van der Waals surface area contributed by atoms with Crippen molar-refractivity contribution < 1.29 is 17.9 Å². The van der Waals surface area contributed by atoms with Crippen molar-refractivity contribution in [2.24, 2.45) is 17.8 Å². The lowest BCUT2D eigenvalue weighted by Crippen LogP contribution is -2.46. The summed E-state index contributed by atoms with van der Waals surface area (Å²) in [5.74, 6) is 1.69. The molecular formula is C17H28N2O4S. The summed E-state index contributed by atoms with van der Waals surface area (Å²) in [6.45, 7) is 0.810. The van der Waals surface area contributed by atoms with Gasteiger partial charge in [-0.25, -0.2) is 13.2 Å². The van der Waals surface area contributed by atoms with E-state index in [0.29, 0.717) is 13.1 Å². The highest BCUT2D eigenvalue weighted by Crippen LogP contribution is 2.44. The van der Waals surface area contributed by atoms with E-state index < -0.39 is 15.1 Å². The Bertz CT molecular complexity index is 604. The monoisotopic (exact) mass is 356 g/mol. The third-order valence-electron chi connectivity index (χ3n) is 6.57. The summed E-state index contributed by atoms with van der Waals surface area (Å²) in [4.78, 5) is 14.3. The molecular weight excluding hydrogens is 328 g/mol. The summed E-state index contributed by atoms with van der Waals surface area (Å²) in [6.07, 6.45) is 7.08. The third-order valence-corrected chi connectivity index (χ3v) is 8.78. The molecule has 0 radical (unpaired) electrons. The van der Waals surface area contributed by atoms with E-state index in [0.717, 1.165) is 24.7 Å². The number of hydrogen-bond donors (Lipinski definition) is 1. The number of urea groups is 1. The molecule has 0 unspecified atom stereocenters. The fraction of sp³-hybridized carbons (Fsp3) is 0.941. The highest BCUT2D eigenvalue weighted by atomic mass is 32.2. The first-order valence-corrected chi connectivity index (χ1v) is 11.0. The Morgan fingerprint density at radius 1 is 1.12 bits per heavy atom. The molecule has 24 heavy (non-hydrogen) atoms. The minimum atomic E-state index is -3.14. The van der Waals surface area contributed by atoms with E-state index in [-0.39, 0.29) is 29.8 Å².